The summed E-state index contributed by atoms with van der Waals surface area (Å²) in [6.07, 6.45) is 1.19. The molecule has 66 heavy (non-hydrogen) atoms. The van der Waals surface area contributed by atoms with Gasteiger partial charge in [-0.3, -0.25) is 29.8 Å². The van der Waals surface area contributed by atoms with Crippen LogP contribution < -0.4 is 16.7 Å². The van der Waals surface area contributed by atoms with Gasteiger partial charge in [-0.05, 0) is 60.7 Å². The quantitative estimate of drug-likeness (QED) is 0.0345. The highest BCUT2D eigenvalue weighted by Crippen LogP contribution is 2.31. The molecule has 0 atom stereocenters. The van der Waals surface area contributed by atoms with Gasteiger partial charge in [0.25, 0.3) is 11.4 Å². The summed E-state index contributed by atoms with van der Waals surface area (Å²) in [7, 11) is 1.84. The number of nitro groups is 2. The number of fused-ring (bicyclic) bond motifs is 1. The van der Waals surface area contributed by atoms with Crippen LogP contribution in [0.15, 0.2) is 182 Å². The molecule has 0 amide bonds. The van der Waals surface area contributed by atoms with Gasteiger partial charge in [-0.25, -0.2) is 4.98 Å². The molecule has 5 aromatic carbocycles. The number of anilines is 2. The maximum Gasteiger partial charge on any atom is 0.526 e. The Labute approximate surface area is 385 Å². The summed E-state index contributed by atoms with van der Waals surface area (Å²) in [6.45, 7) is 0. The Morgan fingerprint density at radius 2 is 1.17 bits per heavy atom. The maximum atomic E-state index is 11.0. The third kappa shape index (κ3) is 13.6. The average Bonchev–Trinajstić information content (AvgIpc) is 4.18. The second-order valence-corrected chi connectivity index (χ2v) is 14.4. The van der Waals surface area contributed by atoms with Crippen molar-refractivity contribution >= 4 is 75.1 Å². The summed E-state index contributed by atoms with van der Waals surface area (Å²) in [6, 6.07) is 48.2. The zero-order chi connectivity index (χ0) is 47.6. The van der Waals surface area contributed by atoms with Gasteiger partial charge < -0.3 is 38.9 Å². The maximum absolute atomic E-state index is 11.0. The number of rotatable bonds is 9. The first-order chi connectivity index (χ1) is 31.8. The van der Waals surface area contributed by atoms with Gasteiger partial charge in [-0.15, -0.1) is 0 Å². The van der Waals surface area contributed by atoms with Crippen molar-refractivity contribution in [1.29, 1.82) is 0 Å². The number of nitrogen functional groups attached to an aromatic ring is 1. The number of non-ortho nitro benzene ring substituents is 2. The Balaban J connectivity index is 0.000000166. The summed E-state index contributed by atoms with van der Waals surface area (Å²) in [5.74, 6) is 3.18. The van der Waals surface area contributed by atoms with Crippen molar-refractivity contribution in [3.05, 3.63) is 200 Å². The van der Waals surface area contributed by atoms with Crippen molar-refractivity contribution < 1.29 is 42.7 Å². The summed E-state index contributed by atoms with van der Waals surface area (Å²) >= 11 is 3.31. The Morgan fingerprint density at radius 1 is 0.667 bits per heavy atom. The molecular weight excluding hydrogens is 915 g/mol. The molecule has 0 unspecified atom stereocenters. The molecule has 0 aliphatic heterocycles. The molecule has 4 heterocycles. The molecule has 19 heteroatoms. The Morgan fingerprint density at radius 3 is 1.65 bits per heavy atom. The van der Waals surface area contributed by atoms with E-state index in [1.54, 1.807) is 29.8 Å². The van der Waals surface area contributed by atoms with E-state index in [0.717, 1.165) is 27.1 Å². The van der Waals surface area contributed by atoms with Crippen LogP contribution in [0.5, 0.6) is 0 Å². The minimum absolute atomic E-state index is 0.0258. The van der Waals surface area contributed by atoms with E-state index in [-0.39, 0.29) is 22.8 Å². The number of nitrogens with one attached hydrogen (secondary N) is 1. The SMILES string of the molecule is Brc1ccccc1.CNc1cc([N+](=O)[O-])ccc1N.Cn1c(-c2ccc(-c3ccccc3)o2)nc2ccc([N+](=O)[O-])cc21.O=Cc1ccc(-c2ccccc2)o1.O=Cc1ccc(B(O)O)o1. The number of aldehydes is 2. The lowest BCUT2D eigenvalue weighted by Gasteiger charge is -2.02. The number of furan rings is 3. The fourth-order valence-electron chi connectivity index (χ4n) is 5.76. The molecule has 9 rings (SSSR count). The second kappa shape index (κ2) is 23.9. The number of carbonyl (C=O) groups excluding carboxylic acids is 2. The standard InChI is InChI=1S/C18H13N3O3.C11H8O2.C7H9N3O2.C6H5Br.C5H5BO4/c1-20-15-11-13(21(22)23)7-8-14(15)19-18(20)17-10-9-16(24-17)12-5-3-2-4-6-12;12-8-10-6-7-11(13-10)9-4-2-1-3-5-9;1-9-7-4-5(10(11)12)2-3-6(7)8;7-6-4-2-1-3-5-6;7-3-4-1-2-5(10-4)6(8)9/h2-11H,1H3;1-8H;2-4,9H,8H2,1H3;1-5H;1-3,8-9H. The topological polar surface area (TPSA) is 256 Å². The van der Waals surface area contributed by atoms with Crippen LogP contribution in [0.1, 0.15) is 21.1 Å². The molecule has 0 aliphatic rings. The minimum atomic E-state index is -1.64. The van der Waals surface area contributed by atoms with E-state index in [9.17, 15) is 29.8 Å². The highest BCUT2D eigenvalue weighted by molar-refractivity contribution is 9.10. The van der Waals surface area contributed by atoms with Crippen molar-refractivity contribution in [2.45, 2.75) is 0 Å². The normalized spacial score (nSPS) is 10.0. The number of hydrogen-bond acceptors (Lipinski definition) is 14. The minimum Gasteiger partial charge on any atom is -0.462 e. The van der Waals surface area contributed by atoms with Crippen LogP contribution in [-0.4, -0.2) is 56.2 Å². The van der Waals surface area contributed by atoms with Crippen molar-refractivity contribution in [2.24, 2.45) is 7.05 Å². The number of benzene rings is 5. The van der Waals surface area contributed by atoms with Crippen molar-refractivity contribution in [1.82, 2.24) is 9.55 Å². The Hall–Kier alpha value is -8.39. The first-order valence-corrected chi connectivity index (χ1v) is 20.3. The summed E-state index contributed by atoms with van der Waals surface area (Å²) in [4.78, 5) is 45.3. The lowest BCUT2D eigenvalue weighted by atomic mass is 9.88. The predicted molar refractivity (Wildman–Crippen MR) is 255 cm³/mol. The summed E-state index contributed by atoms with van der Waals surface area (Å²) in [5.41, 5.74) is 9.99. The monoisotopic (exact) mass is 954 g/mol. The number of nitrogens with zero attached hydrogens (tertiary/aromatic N) is 4. The highest BCUT2D eigenvalue weighted by atomic mass is 79.9. The molecule has 0 aliphatic carbocycles. The number of aryl methyl sites for hydroxylation is 1. The zero-order valence-electron chi connectivity index (χ0n) is 35.1. The first-order valence-electron chi connectivity index (χ1n) is 19.5. The number of nitro benzene ring substituents is 2. The number of aromatic nitrogens is 2. The van der Waals surface area contributed by atoms with Crippen LogP contribution in [0, 0.1) is 20.2 Å². The first kappa shape index (κ1) is 48.6. The van der Waals surface area contributed by atoms with Crippen LogP contribution >= 0.6 is 15.9 Å². The van der Waals surface area contributed by atoms with Gasteiger partial charge in [0.1, 0.15) is 17.2 Å². The molecule has 0 bridgehead atoms. The molecule has 17 nitrogen and oxygen atoms in total. The van der Waals surface area contributed by atoms with Crippen LogP contribution in [0.25, 0.3) is 45.3 Å². The molecule has 5 N–H and O–H groups in total. The van der Waals surface area contributed by atoms with E-state index >= 15 is 0 Å². The number of carbonyl (C=O) groups is 2. The lowest BCUT2D eigenvalue weighted by molar-refractivity contribution is -0.384. The van der Waals surface area contributed by atoms with E-state index in [0.29, 0.717) is 52.3 Å². The molecule has 0 saturated carbocycles. The fraction of sp³-hybridized carbons (Fsp3) is 0.0426. The lowest BCUT2D eigenvalue weighted by Crippen LogP contribution is -2.27. The van der Waals surface area contributed by atoms with E-state index in [1.165, 1.54) is 42.5 Å². The third-order valence-corrected chi connectivity index (χ3v) is 9.56. The zero-order valence-corrected chi connectivity index (χ0v) is 36.7. The summed E-state index contributed by atoms with van der Waals surface area (Å²) in [5, 5.41) is 41.0. The smallest absolute Gasteiger partial charge is 0.462 e. The van der Waals surface area contributed by atoms with Gasteiger partial charge in [-0.1, -0.05) is 94.8 Å². The largest absolute Gasteiger partial charge is 0.526 e. The highest BCUT2D eigenvalue weighted by Gasteiger charge is 2.17. The molecular formula is C47H40BBrN6O11. The molecule has 334 valence electrons. The van der Waals surface area contributed by atoms with E-state index in [4.69, 9.17) is 24.6 Å². The van der Waals surface area contributed by atoms with Crippen molar-refractivity contribution in [3.63, 3.8) is 0 Å². The van der Waals surface area contributed by atoms with Crippen molar-refractivity contribution in [2.75, 3.05) is 18.1 Å². The second-order valence-electron chi connectivity index (χ2n) is 13.4. The van der Waals surface area contributed by atoms with E-state index in [1.807, 2.05) is 110 Å². The molecule has 4 aromatic heterocycles. The molecule has 0 spiro atoms. The van der Waals surface area contributed by atoms with Crippen LogP contribution in [0.3, 0.4) is 0 Å². The fourth-order valence-corrected chi connectivity index (χ4v) is 6.07. The Bertz CT molecular complexity index is 2990. The van der Waals surface area contributed by atoms with Crippen LogP contribution in [0.2, 0.25) is 0 Å². The van der Waals surface area contributed by atoms with Gasteiger partial charge in [0.05, 0.1) is 32.3 Å². The number of hydrogen-bond donors (Lipinski definition) is 4. The molecule has 0 saturated heterocycles. The van der Waals surface area contributed by atoms with E-state index < -0.39 is 17.0 Å². The predicted octanol–water partition coefficient (Wildman–Crippen LogP) is 9.61. The van der Waals surface area contributed by atoms with Crippen molar-refractivity contribution in [3.8, 4) is 34.2 Å². The third-order valence-electron chi connectivity index (χ3n) is 9.03. The molecule has 9 aromatic rings. The number of halogens is 1. The molecule has 0 fully saturated rings. The number of imidazole rings is 1. The molecule has 0 radical (unpaired) electrons. The average molecular weight is 956 g/mol. The van der Waals surface area contributed by atoms with Crippen LogP contribution in [-0.2, 0) is 7.05 Å². The van der Waals surface area contributed by atoms with E-state index in [2.05, 4.69) is 30.6 Å². The Kier molecular flexibility index (Phi) is 17.6. The van der Waals surface area contributed by atoms with Gasteiger partial charge >= 0.3 is 7.12 Å². The van der Waals surface area contributed by atoms with Gasteiger partial charge in [-0.2, -0.15) is 0 Å². The van der Waals surface area contributed by atoms with Gasteiger partial charge in [0, 0.05) is 54.0 Å². The van der Waals surface area contributed by atoms with Gasteiger partial charge in [0.15, 0.2) is 35.7 Å². The number of nitrogens with two attached hydrogens (primary N) is 1. The summed E-state index contributed by atoms with van der Waals surface area (Å²) < 4.78 is 18.7. The van der Waals surface area contributed by atoms with Gasteiger partial charge in [0.2, 0.25) is 0 Å². The van der Waals surface area contributed by atoms with Crippen LogP contribution in [0.4, 0.5) is 22.7 Å².